The Balaban J connectivity index is 2.19. The van der Waals surface area contributed by atoms with Gasteiger partial charge in [-0.2, -0.15) is 0 Å². The average molecular weight is 249 g/mol. The SMILES string of the molecule is O=CNCC1=CC=c2ccccc2=C2C=CC=CC12. The summed E-state index contributed by atoms with van der Waals surface area (Å²) in [5.41, 5.74) is 2.50. The molecular formula is C17H15NO. The number of hydrogen-bond acceptors (Lipinski definition) is 1. The van der Waals surface area contributed by atoms with E-state index in [0.29, 0.717) is 6.54 Å². The predicted octanol–water partition coefficient (Wildman–Crippen LogP) is 1.05. The van der Waals surface area contributed by atoms with Gasteiger partial charge < -0.3 is 5.32 Å². The van der Waals surface area contributed by atoms with Crippen molar-refractivity contribution in [1.82, 2.24) is 5.32 Å². The molecule has 2 aliphatic carbocycles. The first kappa shape index (κ1) is 11.7. The number of hydrogen-bond donors (Lipinski definition) is 1. The molecule has 0 saturated carbocycles. The minimum absolute atomic E-state index is 0.248. The van der Waals surface area contributed by atoms with Gasteiger partial charge in [-0.15, -0.1) is 0 Å². The summed E-state index contributed by atoms with van der Waals surface area (Å²) in [6.45, 7) is 0.584. The molecule has 0 bridgehead atoms. The van der Waals surface area contributed by atoms with E-state index in [0.717, 1.165) is 6.41 Å². The van der Waals surface area contributed by atoms with Crippen molar-refractivity contribution in [3.8, 4) is 0 Å². The van der Waals surface area contributed by atoms with Crippen LogP contribution in [0.25, 0.3) is 11.6 Å². The Bertz CT molecular complexity index is 707. The summed E-state index contributed by atoms with van der Waals surface area (Å²) >= 11 is 0. The molecule has 0 aromatic heterocycles. The Kier molecular flexibility index (Phi) is 3.15. The Morgan fingerprint density at radius 3 is 2.95 bits per heavy atom. The van der Waals surface area contributed by atoms with Gasteiger partial charge >= 0.3 is 0 Å². The van der Waals surface area contributed by atoms with Gasteiger partial charge in [-0.05, 0) is 21.6 Å². The van der Waals surface area contributed by atoms with Crippen molar-refractivity contribution in [3.63, 3.8) is 0 Å². The maximum atomic E-state index is 10.5. The highest BCUT2D eigenvalue weighted by Crippen LogP contribution is 2.26. The quantitative estimate of drug-likeness (QED) is 0.797. The third kappa shape index (κ3) is 2.17. The summed E-state index contributed by atoms with van der Waals surface area (Å²) < 4.78 is 0. The molecule has 2 aliphatic rings. The summed E-state index contributed by atoms with van der Waals surface area (Å²) in [6.07, 6.45) is 13.5. The lowest BCUT2D eigenvalue weighted by Gasteiger charge is -2.19. The second-order valence-corrected chi connectivity index (χ2v) is 4.67. The number of rotatable bonds is 3. The van der Waals surface area contributed by atoms with Crippen LogP contribution in [0.5, 0.6) is 0 Å². The zero-order valence-corrected chi connectivity index (χ0v) is 10.5. The van der Waals surface area contributed by atoms with Gasteiger partial charge in [0, 0.05) is 12.5 Å². The van der Waals surface area contributed by atoms with E-state index in [9.17, 15) is 4.79 Å². The van der Waals surface area contributed by atoms with Crippen LogP contribution in [0.4, 0.5) is 0 Å². The van der Waals surface area contributed by atoms with Crippen LogP contribution < -0.4 is 15.8 Å². The maximum absolute atomic E-state index is 10.5. The Morgan fingerprint density at radius 2 is 2.05 bits per heavy atom. The predicted molar refractivity (Wildman–Crippen MR) is 77.5 cm³/mol. The van der Waals surface area contributed by atoms with Crippen molar-refractivity contribution in [2.45, 2.75) is 0 Å². The van der Waals surface area contributed by atoms with Crippen molar-refractivity contribution < 1.29 is 4.79 Å². The molecule has 0 heterocycles. The van der Waals surface area contributed by atoms with Crippen molar-refractivity contribution in [2.75, 3.05) is 6.54 Å². The van der Waals surface area contributed by atoms with Crippen LogP contribution in [0.2, 0.25) is 0 Å². The zero-order chi connectivity index (χ0) is 13.1. The van der Waals surface area contributed by atoms with Gasteiger partial charge in [0.05, 0.1) is 0 Å². The standard InChI is InChI=1S/C17H15NO/c19-12-18-11-14-10-9-13-5-1-2-6-15(13)17-8-4-3-7-16(14)17/h1-10,12,16H,11H2,(H,18,19). The fourth-order valence-corrected chi connectivity index (χ4v) is 2.66. The molecule has 1 aromatic carbocycles. The molecule has 19 heavy (non-hydrogen) atoms. The van der Waals surface area contributed by atoms with Crippen LogP contribution in [0.15, 0.2) is 60.2 Å². The summed E-state index contributed by atoms with van der Waals surface area (Å²) in [5, 5.41) is 5.26. The van der Waals surface area contributed by atoms with Crippen LogP contribution in [0, 0.1) is 5.92 Å². The molecule has 0 radical (unpaired) electrons. The van der Waals surface area contributed by atoms with Crippen LogP contribution in [-0.4, -0.2) is 13.0 Å². The van der Waals surface area contributed by atoms with Crippen LogP contribution in [0.3, 0.4) is 0 Å². The normalized spacial score (nSPS) is 19.7. The lowest BCUT2D eigenvalue weighted by atomic mass is 9.86. The summed E-state index contributed by atoms with van der Waals surface area (Å²) in [4.78, 5) is 10.5. The largest absolute Gasteiger partial charge is 0.355 e. The highest BCUT2D eigenvalue weighted by molar-refractivity contribution is 5.70. The van der Waals surface area contributed by atoms with E-state index >= 15 is 0 Å². The maximum Gasteiger partial charge on any atom is 0.207 e. The first-order chi connectivity index (χ1) is 9.40. The van der Waals surface area contributed by atoms with Gasteiger partial charge in [0.15, 0.2) is 0 Å². The molecule has 0 saturated heterocycles. The third-order valence-corrected chi connectivity index (χ3v) is 3.56. The van der Waals surface area contributed by atoms with E-state index in [2.05, 4.69) is 66.0 Å². The number of fused-ring (bicyclic) bond motifs is 2. The molecule has 1 amide bonds. The molecular weight excluding hydrogens is 234 g/mol. The van der Waals surface area contributed by atoms with Crippen molar-refractivity contribution in [3.05, 3.63) is 70.7 Å². The molecule has 2 heteroatoms. The zero-order valence-electron chi connectivity index (χ0n) is 10.5. The number of benzene rings is 1. The molecule has 1 atom stereocenters. The topological polar surface area (TPSA) is 29.1 Å². The molecule has 3 rings (SSSR count). The first-order valence-corrected chi connectivity index (χ1v) is 6.42. The lowest BCUT2D eigenvalue weighted by molar-refractivity contribution is -0.109. The van der Waals surface area contributed by atoms with Crippen LogP contribution in [0.1, 0.15) is 0 Å². The molecule has 94 valence electrons. The van der Waals surface area contributed by atoms with Gasteiger partial charge in [-0.1, -0.05) is 60.7 Å². The molecule has 1 unspecified atom stereocenters. The summed E-state index contributed by atoms with van der Waals surface area (Å²) in [7, 11) is 0. The number of allylic oxidation sites excluding steroid dienone is 5. The van der Waals surface area contributed by atoms with Crippen molar-refractivity contribution in [1.29, 1.82) is 0 Å². The highest BCUT2D eigenvalue weighted by Gasteiger charge is 2.18. The number of carbonyl (C=O) groups is 1. The van der Waals surface area contributed by atoms with Crippen molar-refractivity contribution in [2.24, 2.45) is 5.92 Å². The fraction of sp³-hybridized carbons (Fsp3) is 0.118. The van der Waals surface area contributed by atoms with Crippen molar-refractivity contribution >= 4 is 18.1 Å². The van der Waals surface area contributed by atoms with Gasteiger partial charge in [0.1, 0.15) is 0 Å². The minimum Gasteiger partial charge on any atom is -0.355 e. The minimum atomic E-state index is 0.248. The Hall–Kier alpha value is -2.35. The third-order valence-electron chi connectivity index (χ3n) is 3.56. The molecule has 1 N–H and O–H groups in total. The Labute approximate surface area is 112 Å². The van der Waals surface area contributed by atoms with E-state index in [-0.39, 0.29) is 5.92 Å². The van der Waals surface area contributed by atoms with Gasteiger partial charge in [-0.3, -0.25) is 4.79 Å². The van der Waals surface area contributed by atoms with Gasteiger partial charge in [0.2, 0.25) is 6.41 Å². The van der Waals surface area contributed by atoms with Gasteiger partial charge in [-0.25, -0.2) is 0 Å². The lowest BCUT2D eigenvalue weighted by Crippen LogP contribution is -2.28. The second kappa shape index (κ2) is 5.11. The summed E-state index contributed by atoms with van der Waals surface area (Å²) in [5.74, 6) is 0.248. The second-order valence-electron chi connectivity index (χ2n) is 4.67. The monoisotopic (exact) mass is 249 g/mol. The molecule has 1 aromatic rings. The fourth-order valence-electron chi connectivity index (χ4n) is 2.66. The molecule has 0 spiro atoms. The number of nitrogens with one attached hydrogen (secondary N) is 1. The smallest absolute Gasteiger partial charge is 0.207 e. The summed E-state index contributed by atoms with van der Waals surface area (Å²) in [6, 6.07) is 8.40. The molecule has 0 aliphatic heterocycles. The Morgan fingerprint density at radius 1 is 1.16 bits per heavy atom. The van der Waals surface area contributed by atoms with E-state index in [4.69, 9.17) is 0 Å². The van der Waals surface area contributed by atoms with Crippen LogP contribution >= 0.6 is 0 Å². The van der Waals surface area contributed by atoms with E-state index in [1.165, 1.54) is 21.6 Å². The average Bonchev–Trinajstić information content (AvgIpc) is 2.63. The molecule has 2 nitrogen and oxygen atoms in total. The van der Waals surface area contributed by atoms with E-state index in [1.54, 1.807) is 0 Å². The van der Waals surface area contributed by atoms with E-state index < -0.39 is 0 Å². The molecule has 0 fully saturated rings. The van der Waals surface area contributed by atoms with E-state index in [1.807, 2.05) is 0 Å². The highest BCUT2D eigenvalue weighted by atomic mass is 16.1. The number of amides is 1. The van der Waals surface area contributed by atoms with Gasteiger partial charge in [0.25, 0.3) is 0 Å². The number of carbonyl (C=O) groups excluding carboxylic acids is 1. The first-order valence-electron chi connectivity index (χ1n) is 6.42. The van der Waals surface area contributed by atoms with Crippen LogP contribution in [-0.2, 0) is 4.79 Å².